The lowest BCUT2D eigenvalue weighted by molar-refractivity contribution is 0.340. The van der Waals surface area contributed by atoms with Crippen LogP contribution in [0.15, 0.2) is 83.4 Å². The van der Waals surface area contributed by atoms with Gasteiger partial charge >= 0.3 is 0 Å². The van der Waals surface area contributed by atoms with E-state index in [4.69, 9.17) is 21.4 Å². The first kappa shape index (κ1) is 22.2. The molecule has 1 aliphatic heterocycles. The summed E-state index contributed by atoms with van der Waals surface area (Å²) in [7, 11) is 0. The standard InChI is InChI=1S/C28H27N3O2S/c1-4-32-22-10-8-20(9-11-22)24-12-13-25(33-24)27-26(23-7-5-6-14-29-23)30-28(34)31(27)21-16-18(2)15-19(3)17-21/h5-17,26-27H,4H2,1-3H3,(H,30,34)/t26-,27+/m1/s1. The van der Waals surface area contributed by atoms with E-state index in [0.29, 0.717) is 11.7 Å². The highest BCUT2D eigenvalue weighted by atomic mass is 32.1. The molecule has 2 atom stereocenters. The molecule has 1 N–H and O–H groups in total. The Labute approximate surface area is 205 Å². The van der Waals surface area contributed by atoms with Crippen molar-refractivity contribution in [1.82, 2.24) is 10.3 Å². The summed E-state index contributed by atoms with van der Waals surface area (Å²) in [5, 5.41) is 4.15. The number of aryl methyl sites for hydroxylation is 2. The average molecular weight is 470 g/mol. The van der Waals surface area contributed by atoms with Gasteiger partial charge in [0.05, 0.1) is 18.3 Å². The van der Waals surface area contributed by atoms with E-state index < -0.39 is 0 Å². The van der Waals surface area contributed by atoms with E-state index in [9.17, 15) is 0 Å². The van der Waals surface area contributed by atoms with Gasteiger partial charge in [-0.1, -0.05) is 12.1 Å². The summed E-state index contributed by atoms with van der Waals surface area (Å²) in [5.41, 5.74) is 5.33. The van der Waals surface area contributed by atoms with Crippen molar-refractivity contribution in [2.75, 3.05) is 11.5 Å². The minimum Gasteiger partial charge on any atom is -0.494 e. The van der Waals surface area contributed by atoms with Gasteiger partial charge in [0.25, 0.3) is 0 Å². The van der Waals surface area contributed by atoms with Crippen molar-refractivity contribution in [1.29, 1.82) is 0 Å². The maximum atomic E-state index is 6.46. The smallest absolute Gasteiger partial charge is 0.174 e. The number of ether oxygens (including phenoxy) is 1. The molecular weight excluding hydrogens is 442 g/mol. The minimum atomic E-state index is -0.181. The van der Waals surface area contributed by atoms with Crippen molar-refractivity contribution in [3.8, 4) is 17.1 Å². The largest absolute Gasteiger partial charge is 0.494 e. The molecule has 0 radical (unpaired) electrons. The van der Waals surface area contributed by atoms with Crippen LogP contribution in [0.1, 0.15) is 41.6 Å². The second kappa shape index (κ2) is 9.31. The predicted molar refractivity (Wildman–Crippen MR) is 139 cm³/mol. The second-order valence-corrected chi connectivity index (χ2v) is 8.89. The van der Waals surface area contributed by atoms with Crippen LogP contribution < -0.4 is 15.0 Å². The fourth-order valence-electron chi connectivity index (χ4n) is 4.56. The van der Waals surface area contributed by atoms with E-state index in [1.807, 2.05) is 67.7 Å². The lowest BCUT2D eigenvalue weighted by atomic mass is 10.0. The molecule has 0 aliphatic carbocycles. The van der Waals surface area contributed by atoms with Crippen molar-refractivity contribution in [3.05, 3.63) is 102 Å². The monoisotopic (exact) mass is 469 g/mol. The van der Waals surface area contributed by atoms with E-state index in [-0.39, 0.29) is 12.1 Å². The molecule has 2 aromatic heterocycles. The third-order valence-corrected chi connectivity index (χ3v) is 6.27. The molecule has 5 nitrogen and oxygen atoms in total. The summed E-state index contributed by atoms with van der Waals surface area (Å²) in [6.45, 7) is 6.82. The third kappa shape index (κ3) is 4.29. The number of pyridine rings is 1. The molecule has 34 heavy (non-hydrogen) atoms. The molecule has 6 heteroatoms. The normalized spacial score (nSPS) is 17.6. The Bertz CT molecular complexity index is 1280. The molecule has 0 saturated carbocycles. The summed E-state index contributed by atoms with van der Waals surface area (Å²) in [4.78, 5) is 6.77. The van der Waals surface area contributed by atoms with Gasteiger partial charge < -0.3 is 19.4 Å². The van der Waals surface area contributed by atoms with Crippen molar-refractivity contribution in [2.24, 2.45) is 0 Å². The fourth-order valence-corrected chi connectivity index (χ4v) is 4.91. The van der Waals surface area contributed by atoms with E-state index in [1.165, 1.54) is 11.1 Å². The van der Waals surface area contributed by atoms with Crippen LogP contribution in [0.4, 0.5) is 5.69 Å². The molecule has 4 aromatic rings. The quantitative estimate of drug-likeness (QED) is 0.324. The fraction of sp³-hybridized carbons (Fsp3) is 0.214. The maximum absolute atomic E-state index is 6.46. The van der Waals surface area contributed by atoms with Crippen LogP contribution in [-0.2, 0) is 0 Å². The topological polar surface area (TPSA) is 50.5 Å². The molecule has 0 amide bonds. The highest BCUT2D eigenvalue weighted by Crippen LogP contribution is 2.43. The molecule has 172 valence electrons. The van der Waals surface area contributed by atoms with Gasteiger partial charge in [-0.25, -0.2) is 0 Å². The number of nitrogens with one attached hydrogen (secondary N) is 1. The molecule has 1 fully saturated rings. The average Bonchev–Trinajstić information content (AvgIpc) is 3.44. The van der Waals surface area contributed by atoms with Gasteiger partial charge in [-0.3, -0.25) is 4.98 Å². The molecule has 5 rings (SSSR count). The number of benzene rings is 2. The molecule has 0 bridgehead atoms. The number of thiocarbonyl (C=S) groups is 1. The number of furan rings is 1. The van der Waals surface area contributed by atoms with Crippen LogP contribution in [0.2, 0.25) is 0 Å². The van der Waals surface area contributed by atoms with Crippen LogP contribution in [0.5, 0.6) is 5.75 Å². The van der Waals surface area contributed by atoms with Crippen LogP contribution in [0, 0.1) is 13.8 Å². The Kier molecular flexibility index (Phi) is 6.07. The van der Waals surface area contributed by atoms with E-state index >= 15 is 0 Å². The number of aromatic nitrogens is 1. The van der Waals surface area contributed by atoms with Crippen LogP contribution in [0.3, 0.4) is 0 Å². The van der Waals surface area contributed by atoms with Crippen molar-refractivity contribution in [2.45, 2.75) is 32.9 Å². The lowest BCUT2D eigenvalue weighted by Crippen LogP contribution is -2.29. The third-order valence-electron chi connectivity index (χ3n) is 5.95. The van der Waals surface area contributed by atoms with Gasteiger partial charge in [-0.2, -0.15) is 0 Å². The molecule has 3 heterocycles. The Morgan fingerprint density at radius 1 is 1.00 bits per heavy atom. The summed E-state index contributed by atoms with van der Waals surface area (Å²) < 4.78 is 12.0. The van der Waals surface area contributed by atoms with Crippen LogP contribution in [0.25, 0.3) is 11.3 Å². The maximum Gasteiger partial charge on any atom is 0.174 e. The molecule has 0 spiro atoms. The summed E-state index contributed by atoms with van der Waals surface area (Å²) in [5.74, 6) is 2.47. The van der Waals surface area contributed by atoms with Crippen LogP contribution >= 0.6 is 12.2 Å². The van der Waals surface area contributed by atoms with Gasteiger partial charge in [0.2, 0.25) is 0 Å². The number of hydrogen-bond acceptors (Lipinski definition) is 4. The summed E-state index contributed by atoms with van der Waals surface area (Å²) in [6.07, 6.45) is 1.81. The van der Waals surface area contributed by atoms with Crippen molar-refractivity contribution in [3.63, 3.8) is 0 Å². The molecule has 1 saturated heterocycles. The zero-order valence-corrected chi connectivity index (χ0v) is 20.3. The zero-order chi connectivity index (χ0) is 23.7. The minimum absolute atomic E-state index is 0.145. The summed E-state index contributed by atoms with van der Waals surface area (Å²) in [6, 6.07) is 24.1. The predicted octanol–water partition coefficient (Wildman–Crippen LogP) is 6.53. The molecule has 2 aromatic carbocycles. The van der Waals surface area contributed by atoms with Gasteiger partial charge in [0.1, 0.15) is 23.3 Å². The van der Waals surface area contributed by atoms with Crippen molar-refractivity contribution < 1.29 is 9.15 Å². The highest BCUT2D eigenvalue weighted by Gasteiger charge is 2.42. The highest BCUT2D eigenvalue weighted by molar-refractivity contribution is 7.80. The van der Waals surface area contributed by atoms with Gasteiger partial charge in [0, 0.05) is 17.4 Å². The first-order chi connectivity index (χ1) is 16.5. The van der Waals surface area contributed by atoms with Gasteiger partial charge in [0.15, 0.2) is 5.11 Å². The van der Waals surface area contributed by atoms with E-state index in [2.05, 4.69) is 47.2 Å². The lowest BCUT2D eigenvalue weighted by Gasteiger charge is -2.26. The Balaban J connectivity index is 1.56. The van der Waals surface area contributed by atoms with Gasteiger partial charge in [-0.05, 0) is 105 Å². The number of rotatable bonds is 6. The second-order valence-electron chi connectivity index (χ2n) is 8.50. The van der Waals surface area contributed by atoms with E-state index in [1.54, 1.807) is 0 Å². The first-order valence-electron chi connectivity index (χ1n) is 11.5. The van der Waals surface area contributed by atoms with Gasteiger partial charge in [-0.15, -0.1) is 0 Å². The molecule has 1 aliphatic rings. The SMILES string of the molecule is CCOc1ccc(-c2ccc([C@H]3[C@@H](c4ccccn4)NC(=S)N3c3cc(C)cc(C)c3)o2)cc1. The number of nitrogens with zero attached hydrogens (tertiary/aromatic N) is 2. The Hall–Kier alpha value is -3.64. The Morgan fingerprint density at radius 3 is 2.44 bits per heavy atom. The first-order valence-corrected chi connectivity index (χ1v) is 11.9. The molecular formula is C28H27N3O2S. The van der Waals surface area contributed by atoms with Crippen molar-refractivity contribution >= 4 is 23.0 Å². The Morgan fingerprint density at radius 2 is 1.76 bits per heavy atom. The number of hydrogen-bond donors (Lipinski definition) is 1. The van der Waals surface area contributed by atoms with E-state index in [0.717, 1.165) is 34.2 Å². The summed E-state index contributed by atoms with van der Waals surface area (Å²) >= 11 is 5.83. The van der Waals surface area contributed by atoms with Crippen LogP contribution in [-0.4, -0.2) is 16.7 Å². The molecule has 0 unspecified atom stereocenters. The zero-order valence-electron chi connectivity index (χ0n) is 19.5. The number of anilines is 1.